The Morgan fingerprint density at radius 1 is 1.27 bits per heavy atom. The van der Waals surface area contributed by atoms with E-state index in [0.29, 0.717) is 5.69 Å². The van der Waals surface area contributed by atoms with Crippen LogP contribution in [0.2, 0.25) is 0 Å². The van der Waals surface area contributed by atoms with Gasteiger partial charge in [0.15, 0.2) is 0 Å². The van der Waals surface area contributed by atoms with Gasteiger partial charge in [-0.05, 0) is 31.9 Å². The number of fused-ring (bicyclic) bond motifs is 1. The van der Waals surface area contributed by atoms with Crippen LogP contribution in [0.4, 0.5) is 10.5 Å². The minimum Gasteiger partial charge on any atom is -0.394 e. The van der Waals surface area contributed by atoms with E-state index in [0.717, 1.165) is 42.3 Å². The average Bonchev–Trinajstić information content (AvgIpc) is 2.97. The Labute approximate surface area is 129 Å². The lowest BCUT2D eigenvalue weighted by Crippen LogP contribution is -2.50. The zero-order chi connectivity index (χ0) is 15.6. The van der Waals surface area contributed by atoms with E-state index in [1.165, 1.54) is 0 Å². The molecule has 1 heterocycles. The first kappa shape index (κ1) is 14.8. The van der Waals surface area contributed by atoms with Gasteiger partial charge in [-0.25, -0.2) is 4.79 Å². The van der Waals surface area contributed by atoms with E-state index in [1.807, 2.05) is 37.3 Å². The molecule has 116 valence electrons. The van der Waals surface area contributed by atoms with Gasteiger partial charge in [0, 0.05) is 11.1 Å². The molecule has 1 fully saturated rings. The van der Waals surface area contributed by atoms with E-state index in [1.54, 1.807) is 0 Å². The van der Waals surface area contributed by atoms with Gasteiger partial charge in [-0.3, -0.25) is 4.98 Å². The van der Waals surface area contributed by atoms with Crippen LogP contribution in [0.3, 0.4) is 0 Å². The fraction of sp³-hybridized carbons (Fsp3) is 0.412. The summed E-state index contributed by atoms with van der Waals surface area (Å²) < 4.78 is 0. The summed E-state index contributed by atoms with van der Waals surface area (Å²) in [7, 11) is 0. The lowest BCUT2D eigenvalue weighted by Gasteiger charge is -2.28. The number of rotatable bonds is 3. The Bertz CT molecular complexity index is 693. The van der Waals surface area contributed by atoms with Crippen molar-refractivity contribution in [2.24, 2.45) is 0 Å². The molecule has 1 aromatic heterocycles. The maximum Gasteiger partial charge on any atom is 0.319 e. The highest BCUT2D eigenvalue weighted by molar-refractivity contribution is 5.99. The summed E-state index contributed by atoms with van der Waals surface area (Å²) in [6, 6.07) is 9.36. The zero-order valence-corrected chi connectivity index (χ0v) is 12.7. The predicted molar refractivity (Wildman–Crippen MR) is 86.9 cm³/mol. The number of anilines is 1. The molecule has 0 unspecified atom stereocenters. The molecule has 2 amide bonds. The molecule has 1 aliphatic carbocycles. The van der Waals surface area contributed by atoms with E-state index >= 15 is 0 Å². The number of hydrogen-bond acceptors (Lipinski definition) is 3. The van der Waals surface area contributed by atoms with Crippen LogP contribution in [0, 0.1) is 6.92 Å². The van der Waals surface area contributed by atoms with E-state index in [-0.39, 0.29) is 12.6 Å². The predicted octanol–water partition coefficient (Wildman–Crippen LogP) is 2.97. The molecule has 1 aromatic carbocycles. The van der Waals surface area contributed by atoms with Crippen molar-refractivity contribution in [1.29, 1.82) is 0 Å². The number of para-hydroxylation sites is 1. The minimum atomic E-state index is -0.474. The Morgan fingerprint density at radius 3 is 2.77 bits per heavy atom. The van der Waals surface area contributed by atoms with Crippen molar-refractivity contribution in [3.63, 3.8) is 0 Å². The monoisotopic (exact) mass is 299 g/mol. The second kappa shape index (κ2) is 5.93. The molecule has 3 N–H and O–H groups in total. The van der Waals surface area contributed by atoms with Gasteiger partial charge in [0.05, 0.1) is 23.3 Å². The third-order valence-electron chi connectivity index (χ3n) is 4.35. The van der Waals surface area contributed by atoms with Crippen molar-refractivity contribution in [2.75, 3.05) is 11.9 Å². The molecule has 1 aliphatic rings. The molecule has 3 rings (SSSR count). The third kappa shape index (κ3) is 2.90. The highest BCUT2D eigenvalue weighted by Gasteiger charge is 2.34. The van der Waals surface area contributed by atoms with Crippen molar-refractivity contribution in [1.82, 2.24) is 10.3 Å². The smallest absolute Gasteiger partial charge is 0.319 e. The van der Waals surface area contributed by atoms with Crippen LogP contribution in [0.25, 0.3) is 10.9 Å². The van der Waals surface area contributed by atoms with Gasteiger partial charge in [-0.2, -0.15) is 0 Å². The van der Waals surface area contributed by atoms with Crippen molar-refractivity contribution in [3.05, 3.63) is 36.0 Å². The Balaban J connectivity index is 1.81. The normalized spacial score (nSPS) is 16.6. The maximum atomic E-state index is 12.3. The number of aromatic nitrogens is 1. The summed E-state index contributed by atoms with van der Waals surface area (Å²) >= 11 is 0. The molecule has 0 radical (unpaired) electrons. The molecule has 0 bridgehead atoms. The number of amides is 2. The molecule has 1 saturated carbocycles. The number of nitrogens with zero attached hydrogens (tertiary/aromatic N) is 1. The molecule has 0 atom stereocenters. The lowest BCUT2D eigenvalue weighted by atomic mass is 9.99. The minimum absolute atomic E-state index is 0.0205. The first-order valence-electron chi connectivity index (χ1n) is 7.68. The molecule has 2 aromatic rings. The maximum absolute atomic E-state index is 12.3. The fourth-order valence-electron chi connectivity index (χ4n) is 3.11. The Hall–Kier alpha value is -2.14. The topological polar surface area (TPSA) is 74.2 Å². The SMILES string of the molecule is Cc1ccc2cccc(NC(=O)NC3(CO)CCCC3)c2n1. The number of aliphatic hydroxyl groups excluding tert-OH is 1. The number of carbonyl (C=O) groups excluding carboxylic acids is 1. The van der Waals surface area contributed by atoms with E-state index < -0.39 is 5.54 Å². The number of pyridine rings is 1. The van der Waals surface area contributed by atoms with Crippen LogP contribution in [0.1, 0.15) is 31.4 Å². The molecule has 0 saturated heterocycles. The summed E-state index contributed by atoms with van der Waals surface area (Å²) in [5.74, 6) is 0. The lowest BCUT2D eigenvalue weighted by molar-refractivity contribution is 0.167. The quantitative estimate of drug-likeness (QED) is 0.815. The van der Waals surface area contributed by atoms with Crippen molar-refractivity contribution >= 4 is 22.6 Å². The van der Waals surface area contributed by atoms with Gasteiger partial charge >= 0.3 is 6.03 Å². The number of carbonyl (C=O) groups is 1. The molecule has 0 aliphatic heterocycles. The van der Waals surface area contributed by atoms with E-state index in [9.17, 15) is 9.90 Å². The van der Waals surface area contributed by atoms with Crippen LogP contribution >= 0.6 is 0 Å². The molecule has 22 heavy (non-hydrogen) atoms. The van der Waals surface area contributed by atoms with Crippen LogP contribution < -0.4 is 10.6 Å². The summed E-state index contributed by atoms with van der Waals surface area (Å²) in [5, 5.41) is 16.4. The Morgan fingerprint density at radius 2 is 2.05 bits per heavy atom. The molecule has 5 heteroatoms. The largest absolute Gasteiger partial charge is 0.394 e. The Kier molecular flexibility index (Phi) is 3.98. The van der Waals surface area contributed by atoms with Gasteiger partial charge in [0.2, 0.25) is 0 Å². The van der Waals surface area contributed by atoms with E-state index in [2.05, 4.69) is 15.6 Å². The van der Waals surface area contributed by atoms with Crippen LogP contribution in [-0.4, -0.2) is 28.3 Å². The van der Waals surface area contributed by atoms with Crippen LogP contribution in [-0.2, 0) is 0 Å². The summed E-state index contributed by atoms with van der Waals surface area (Å²) in [6.45, 7) is 1.91. The molecule has 5 nitrogen and oxygen atoms in total. The summed E-state index contributed by atoms with van der Waals surface area (Å²) in [5.41, 5.74) is 1.90. The van der Waals surface area contributed by atoms with Crippen molar-refractivity contribution in [3.8, 4) is 0 Å². The number of nitrogens with one attached hydrogen (secondary N) is 2. The zero-order valence-electron chi connectivity index (χ0n) is 12.7. The van der Waals surface area contributed by atoms with Crippen LogP contribution in [0.5, 0.6) is 0 Å². The van der Waals surface area contributed by atoms with Gasteiger partial charge in [0.1, 0.15) is 0 Å². The second-order valence-corrected chi connectivity index (χ2v) is 6.05. The summed E-state index contributed by atoms with van der Waals surface area (Å²) in [6.07, 6.45) is 3.72. The fourth-order valence-corrected chi connectivity index (χ4v) is 3.11. The number of benzene rings is 1. The van der Waals surface area contributed by atoms with E-state index in [4.69, 9.17) is 0 Å². The third-order valence-corrected chi connectivity index (χ3v) is 4.35. The summed E-state index contributed by atoms with van der Waals surface area (Å²) in [4.78, 5) is 16.8. The van der Waals surface area contributed by atoms with Gasteiger partial charge in [-0.1, -0.05) is 31.0 Å². The number of hydrogen-bond donors (Lipinski definition) is 3. The van der Waals surface area contributed by atoms with Crippen LogP contribution in [0.15, 0.2) is 30.3 Å². The molecular formula is C17H21N3O2. The van der Waals surface area contributed by atoms with Gasteiger partial charge in [-0.15, -0.1) is 0 Å². The molecular weight excluding hydrogens is 278 g/mol. The highest BCUT2D eigenvalue weighted by Crippen LogP contribution is 2.29. The second-order valence-electron chi connectivity index (χ2n) is 6.05. The van der Waals surface area contributed by atoms with Crippen molar-refractivity contribution < 1.29 is 9.90 Å². The standard InChI is InChI=1S/C17H21N3O2/c1-12-7-8-13-5-4-6-14(15(13)18-12)19-16(22)20-17(11-21)9-2-3-10-17/h4-8,21H,2-3,9-11H2,1H3,(H2,19,20,22). The number of urea groups is 1. The van der Waals surface area contributed by atoms with Gasteiger partial charge in [0.25, 0.3) is 0 Å². The first-order chi connectivity index (χ1) is 10.6. The highest BCUT2D eigenvalue weighted by atomic mass is 16.3. The average molecular weight is 299 g/mol. The molecule has 0 spiro atoms. The number of aliphatic hydroxyl groups is 1. The number of aryl methyl sites for hydroxylation is 1. The van der Waals surface area contributed by atoms with Crippen molar-refractivity contribution in [2.45, 2.75) is 38.1 Å². The first-order valence-corrected chi connectivity index (χ1v) is 7.68. The van der Waals surface area contributed by atoms with Gasteiger partial charge < -0.3 is 15.7 Å².